The number of anilines is 1. The molecule has 0 saturated carbocycles. The second-order valence-electron chi connectivity index (χ2n) is 9.75. The molecule has 4 heterocycles. The van der Waals surface area contributed by atoms with E-state index in [0.29, 0.717) is 36.0 Å². The van der Waals surface area contributed by atoms with Gasteiger partial charge in [-0.05, 0) is 55.0 Å². The van der Waals surface area contributed by atoms with Crippen molar-refractivity contribution in [3.63, 3.8) is 0 Å². The second kappa shape index (κ2) is 11.0. The lowest BCUT2D eigenvalue weighted by Gasteiger charge is -2.27. The van der Waals surface area contributed by atoms with Crippen LogP contribution in [0.15, 0.2) is 48.1 Å². The highest BCUT2D eigenvalue weighted by molar-refractivity contribution is 7.14. The maximum atomic E-state index is 14.4. The molecule has 1 saturated heterocycles. The van der Waals surface area contributed by atoms with Gasteiger partial charge in [-0.1, -0.05) is 6.07 Å². The fraction of sp³-hybridized carbons (Fsp3) is 0.357. The van der Waals surface area contributed by atoms with E-state index in [0.717, 1.165) is 35.0 Å². The molecule has 1 aliphatic rings. The van der Waals surface area contributed by atoms with E-state index < -0.39 is 17.7 Å². The molecule has 4 aromatic rings. The quantitative estimate of drug-likeness (QED) is 0.325. The summed E-state index contributed by atoms with van der Waals surface area (Å²) in [5.41, 5.74) is 3.58. The summed E-state index contributed by atoms with van der Waals surface area (Å²) in [7, 11) is 3.54. The SMILES string of the molecule is CN(C(=O)C(CC(=O)O)CC1CCOCC1)c1nc(-c2cc(F)ccc2-c2cnc3c(ccn3C)c2)cs1. The molecule has 0 bridgehead atoms. The van der Waals surface area contributed by atoms with Crippen LogP contribution in [0.2, 0.25) is 0 Å². The van der Waals surface area contributed by atoms with Gasteiger partial charge >= 0.3 is 5.97 Å². The van der Waals surface area contributed by atoms with Crippen molar-refractivity contribution in [3.05, 3.63) is 53.9 Å². The Balaban J connectivity index is 1.42. The van der Waals surface area contributed by atoms with E-state index >= 15 is 0 Å². The Bertz CT molecular complexity index is 1480. The van der Waals surface area contributed by atoms with E-state index in [-0.39, 0.29) is 18.2 Å². The molecule has 0 spiro atoms. The van der Waals surface area contributed by atoms with Gasteiger partial charge in [0.05, 0.1) is 12.1 Å². The van der Waals surface area contributed by atoms with Gasteiger partial charge in [0.15, 0.2) is 5.13 Å². The molecule has 1 amide bonds. The molecule has 1 atom stereocenters. The van der Waals surface area contributed by atoms with Gasteiger partial charge in [-0.15, -0.1) is 11.3 Å². The fourth-order valence-electron chi connectivity index (χ4n) is 5.06. The zero-order valence-corrected chi connectivity index (χ0v) is 22.1. The first-order valence-corrected chi connectivity index (χ1v) is 13.4. The number of hydrogen-bond acceptors (Lipinski definition) is 6. The summed E-state index contributed by atoms with van der Waals surface area (Å²) >= 11 is 1.26. The van der Waals surface area contributed by atoms with Gasteiger partial charge in [0, 0.05) is 67.5 Å². The molecule has 198 valence electrons. The average Bonchev–Trinajstić information content (AvgIpc) is 3.55. The monoisotopic (exact) mass is 536 g/mol. The molecule has 10 heteroatoms. The van der Waals surface area contributed by atoms with Gasteiger partial charge in [-0.3, -0.25) is 14.5 Å². The summed E-state index contributed by atoms with van der Waals surface area (Å²) in [5.74, 6) is -2.08. The lowest BCUT2D eigenvalue weighted by atomic mass is 9.86. The number of carboxylic acid groups (broad SMARTS) is 1. The summed E-state index contributed by atoms with van der Waals surface area (Å²) in [5, 5.41) is 12.6. The van der Waals surface area contributed by atoms with E-state index in [4.69, 9.17) is 4.74 Å². The molecule has 0 aliphatic carbocycles. The standard InChI is InChI=1S/C28H29FN4O4S/c1-32-8-5-18-12-20(15-30-26(18)32)22-4-3-21(29)14-23(22)24-16-38-28(31-24)33(2)27(36)19(13-25(34)35)11-17-6-9-37-10-7-17/h3-5,8,12,14-17,19H,6-7,9-11,13H2,1-2H3,(H,34,35). The van der Waals surface area contributed by atoms with Gasteiger partial charge in [-0.2, -0.15) is 0 Å². The number of hydrogen-bond donors (Lipinski definition) is 1. The zero-order valence-electron chi connectivity index (χ0n) is 21.3. The topological polar surface area (TPSA) is 97.6 Å². The molecule has 5 rings (SSSR count). The van der Waals surface area contributed by atoms with Crippen molar-refractivity contribution < 1.29 is 23.8 Å². The molecule has 3 aromatic heterocycles. The predicted molar refractivity (Wildman–Crippen MR) is 145 cm³/mol. The molecule has 38 heavy (non-hydrogen) atoms. The highest BCUT2D eigenvalue weighted by atomic mass is 32.1. The highest BCUT2D eigenvalue weighted by Gasteiger charge is 2.30. The maximum Gasteiger partial charge on any atom is 0.304 e. The van der Waals surface area contributed by atoms with Crippen molar-refractivity contribution in [1.29, 1.82) is 0 Å². The number of carbonyl (C=O) groups is 2. The summed E-state index contributed by atoms with van der Waals surface area (Å²) in [4.78, 5) is 35.6. The Kier molecular flexibility index (Phi) is 7.53. The van der Waals surface area contributed by atoms with E-state index in [2.05, 4.69) is 9.97 Å². The summed E-state index contributed by atoms with van der Waals surface area (Å²) in [6.45, 7) is 1.26. The molecule has 1 unspecified atom stereocenters. The maximum absolute atomic E-state index is 14.4. The summed E-state index contributed by atoms with van der Waals surface area (Å²) in [6.07, 6.45) is 5.60. The number of thiazole rings is 1. The molecule has 1 N–H and O–H groups in total. The molecule has 1 fully saturated rings. The van der Waals surface area contributed by atoms with Gasteiger partial charge in [0.25, 0.3) is 0 Å². The van der Waals surface area contributed by atoms with Crippen molar-refractivity contribution >= 4 is 39.4 Å². The van der Waals surface area contributed by atoms with Gasteiger partial charge in [0.2, 0.25) is 5.91 Å². The van der Waals surface area contributed by atoms with Crippen LogP contribution in [0.3, 0.4) is 0 Å². The molecule has 0 radical (unpaired) electrons. The number of aromatic nitrogens is 3. The minimum Gasteiger partial charge on any atom is -0.481 e. The minimum absolute atomic E-state index is 0.234. The van der Waals surface area contributed by atoms with Crippen molar-refractivity contribution in [2.75, 3.05) is 25.2 Å². The fourth-order valence-corrected chi connectivity index (χ4v) is 5.85. The number of rotatable bonds is 8. The van der Waals surface area contributed by atoms with Gasteiger partial charge < -0.3 is 14.4 Å². The molecular formula is C28H29FN4O4S. The number of carboxylic acids is 1. The van der Waals surface area contributed by atoms with Gasteiger partial charge in [0.1, 0.15) is 11.5 Å². The predicted octanol–water partition coefficient (Wildman–Crippen LogP) is 5.37. The van der Waals surface area contributed by atoms with Crippen molar-refractivity contribution in [3.8, 4) is 22.4 Å². The number of nitrogens with zero attached hydrogens (tertiary/aromatic N) is 4. The van der Waals surface area contributed by atoms with Crippen LogP contribution in [0.5, 0.6) is 0 Å². The minimum atomic E-state index is -1.00. The first kappa shape index (κ1) is 26.0. The Labute approximate surface area is 223 Å². The number of aryl methyl sites for hydroxylation is 1. The summed E-state index contributed by atoms with van der Waals surface area (Å²) in [6, 6.07) is 8.54. The number of pyridine rings is 1. The number of amides is 1. The van der Waals surface area contributed by atoms with E-state index in [9.17, 15) is 19.1 Å². The van der Waals surface area contributed by atoms with Crippen LogP contribution in [-0.2, 0) is 21.4 Å². The van der Waals surface area contributed by atoms with Crippen LogP contribution >= 0.6 is 11.3 Å². The summed E-state index contributed by atoms with van der Waals surface area (Å²) < 4.78 is 21.7. The van der Waals surface area contributed by atoms with Crippen LogP contribution < -0.4 is 4.90 Å². The Morgan fingerprint density at radius 2 is 2.03 bits per heavy atom. The van der Waals surface area contributed by atoms with Crippen molar-refractivity contribution in [1.82, 2.24) is 14.5 Å². The third-order valence-electron chi connectivity index (χ3n) is 7.11. The highest BCUT2D eigenvalue weighted by Crippen LogP contribution is 2.36. The lowest BCUT2D eigenvalue weighted by Crippen LogP contribution is -2.35. The Morgan fingerprint density at radius 3 is 2.79 bits per heavy atom. The van der Waals surface area contributed by atoms with Crippen LogP contribution in [-0.4, -0.2) is 51.8 Å². The molecule has 1 aliphatic heterocycles. The van der Waals surface area contributed by atoms with Crippen molar-refractivity contribution in [2.45, 2.75) is 25.7 Å². The number of ether oxygens (including phenoxy) is 1. The van der Waals surface area contributed by atoms with E-state index in [1.165, 1.54) is 28.4 Å². The van der Waals surface area contributed by atoms with Crippen LogP contribution in [0.4, 0.5) is 9.52 Å². The molecular weight excluding hydrogens is 507 g/mol. The van der Waals surface area contributed by atoms with Crippen molar-refractivity contribution in [2.24, 2.45) is 18.9 Å². The molecule has 8 nitrogen and oxygen atoms in total. The number of halogens is 1. The largest absolute Gasteiger partial charge is 0.481 e. The average molecular weight is 537 g/mol. The zero-order chi connectivity index (χ0) is 26.8. The van der Waals surface area contributed by atoms with Gasteiger partial charge in [-0.25, -0.2) is 14.4 Å². The number of carbonyl (C=O) groups excluding carboxylic acids is 1. The van der Waals surface area contributed by atoms with E-state index in [1.54, 1.807) is 24.7 Å². The second-order valence-corrected chi connectivity index (χ2v) is 10.6. The lowest BCUT2D eigenvalue weighted by molar-refractivity contribution is -0.141. The number of fused-ring (bicyclic) bond motifs is 1. The van der Waals surface area contributed by atoms with Crippen LogP contribution in [0.25, 0.3) is 33.4 Å². The first-order valence-electron chi connectivity index (χ1n) is 12.5. The number of aliphatic carboxylic acids is 1. The number of benzene rings is 1. The first-order chi connectivity index (χ1) is 18.3. The smallest absolute Gasteiger partial charge is 0.304 e. The van der Waals surface area contributed by atoms with Crippen LogP contribution in [0, 0.1) is 17.7 Å². The third kappa shape index (κ3) is 5.46. The molecule has 1 aromatic carbocycles. The van der Waals surface area contributed by atoms with Crippen LogP contribution in [0.1, 0.15) is 25.7 Å². The van der Waals surface area contributed by atoms with E-state index in [1.807, 2.05) is 29.9 Å². The Hall–Kier alpha value is -3.63. The normalized spacial score (nSPS) is 15.0. The Morgan fingerprint density at radius 1 is 1.24 bits per heavy atom. The third-order valence-corrected chi connectivity index (χ3v) is 8.03.